The molecule has 0 atom stereocenters. The molecule has 0 aliphatic heterocycles. The van der Waals surface area contributed by atoms with Crippen molar-refractivity contribution in [3.8, 4) is 0 Å². The van der Waals surface area contributed by atoms with Gasteiger partial charge in [-0.3, -0.25) is 9.59 Å². The van der Waals surface area contributed by atoms with Gasteiger partial charge in [0, 0.05) is 20.9 Å². The number of esters is 1. The van der Waals surface area contributed by atoms with Crippen molar-refractivity contribution in [1.82, 2.24) is 4.90 Å². The molecular formula is C11H25NO3. The minimum atomic E-state index is -0.318. The Hall–Kier alpha value is -1.06. The molecule has 0 radical (unpaired) electrons. The molecule has 0 aromatic rings. The number of ether oxygens (including phenoxy) is 1. The van der Waals surface area contributed by atoms with E-state index < -0.39 is 0 Å². The predicted octanol–water partition coefficient (Wildman–Crippen LogP) is 2.08. The lowest BCUT2D eigenvalue weighted by atomic mass is 10.5. The Morgan fingerprint density at radius 3 is 1.73 bits per heavy atom. The third kappa shape index (κ3) is 19.4. The molecule has 0 aliphatic rings. The summed E-state index contributed by atoms with van der Waals surface area (Å²) < 4.78 is 4.63. The number of amides is 1. The van der Waals surface area contributed by atoms with Gasteiger partial charge >= 0.3 is 5.97 Å². The Morgan fingerprint density at radius 1 is 1.07 bits per heavy atom. The summed E-state index contributed by atoms with van der Waals surface area (Å²) in [6.07, 6.45) is 0. The van der Waals surface area contributed by atoms with E-state index in [9.17, 15) is 9.59 Å². The largest absolute Gasteiger partial charge is 0.464 e. The highest BCUT2D eigenvalue weighted by Crippen LogP contribution is 1.84. The van der Waals surface area contributed by atoms with Crippen LogP contribution in [0.2, 0.25) is 0 Å². The van der Waals surface area contributed by atoms with Crippen LogP contribution in [0.15, 0.2) is 0 Å². The lowest BCUT2D eigenvalue weighted by Gasteiger charge is -2.13. The summed E-state index contributed by atoms with van der Waals surface area (Å²) in [6.45, 7) is 11.5. The van der Waals surface area contributed by atoms with Gasteiger partial charge in [0.05, 0.1) is 6.54 Å². The van der Waals surface area contributed by atoms with Gasteiger partial charge in [-0.15, -0.1) is 0 Å². The summed E-state index contributed by atoms with van der Waals surface area (Å²) in [5, 5.41) is 0. The fourth-order valence-corrected chi connectivity index (χ4v) is 0.484. The molecule has 0 heterocycles. The molecule has 0 aromatic heterocycles. The molecule has 15 heavy (non-hydrogen) atoms. The number of nitrogens with zero attached hydrogens (tertiary/aromatic N) is 1. The smallest absolute Gasteiger partial charge is 0.302 e. The van der Waals surface area contributed by atoms with Gasteiger partial charge in [0.1, 0.15) is 6.61 Å². The molecule has 0 saturated heterocycles. The Kier molecular flexibility index (Phi) is 20.0. The van der Waals surface area contributed by atoms with E-state index in [1.807, 2.05) is 27.7 Å². The zero-order chi connectivity index (χ0) is 12.9. The number of carbonyl (C=O) groups excluding carboxylic acids is 2. The molecule has 0 saturated carbocycles. The molecule has 0 bridgehead atoms. The first-order valence-corrected chi connectivity index (χ1v) is 5.39. The predicted molar refractivity (Wildman–Crippen MR) is 62.6 cm³/mol. The van der Waals surface area contributed by atoms with E-state index in [0.717, 1.165) is 0 Å². The zero-order valence-electron chi connectivity index (χ0n) is 11.1. The van der Waals surface area contributed by atoms with Crippen molar-refractivity contribution in [2.45, 2.75) is 41.5 Å². The van der Waals surface area contributed by atoms with Crippen LogP contribution in [0.25, 0.3) is 0 Å². The van der Waals surface area contributed by atoms with Gasteiger partial charge in [0.15, 0.2) is 0 Å². The quantitative estimate of drug-likeness (QED) is 0.683. The van der Waals surface area contributed by atoms with Crippen LogP contribution in [0.1, 0.15) is 41.5 Å². The Labute approximate surface area is 93.6 Å². The second kappa shape index (κ2) is 15.4. The molecule has 1 amide bonds. The van der Waals surface area contributed by atoms with Crippen LogP contribution in [0.5, 0.6) is 0 Å². The number of hydrogen-bond acceptors (Lipinski definition) is 3. The van der Waals surface area contributed by atoms with Crippen molar-refractivity contribution in [1.29, 1.82) is 0 Å². The molecule has 0 aliphatic carbocycles. The van der Waals surface area contributed by atoms with Gasteiger partial charge in [-0.1, -0.05) is 27.7 Å². The highest BCUT2D eigenvalue weighted by molar-refractivity contribution is 5.72. The molecular weight excluding hydrogens is 194 g/mol. The van der Waals surface area contributed by atoms with E-state index in [4.69, 9.17) is 0 Å². The van der Waals surface area contributed by atoms with Crippen molar-refractivity contribution in [2.75, 3.05) is 20.2 Å². The second-order valence-electron chi connectivity index (χ2n) is 2.28. The maximum atomic E-state index is 10.6. The number of rotatable bonds is 3. The zero-order valence-corrected chi connectivity index (χ0v) is 11.1. The Morgan fingerprint density at radius 2 is 1.47 bits per heavy atom. The van der Waals surface area contributed by atoms with Gasteiger partial charge in [0.25, 0.3) is 0 Å². The number of hydrogen-bond donors (Lipinski definition) is 0. The van der Waals surface area contributed by atoms with E-state index >= 15 is 0 Å². The fourth-order valence-electron chi connectivity index (χ4n) is 0.484. The average Bonchev–Trinajstić information content (AvgIpc) is 2.23. The van der Waals surface area contributed by atoms with Crippen molar-refractivity contribution < 1.29 is 14.3 Å². The summed E-state index contributed by atoms with van der Waals surface area (Å²) in [5.41, 5.74) is 0. The molecule has 0 aromatic carbocycles. The molecule has 0 N–H and O–H groups in total. The molecule has 92 valence electrons. The van der Waals surface area contributed by atoms with Crippen LogP contribution in [-0.4, -0.2) is 37.0 Å². The SMILES string of the molecule is CC.CC.CC(=O)OCCN(C)C(C)=O. The number of likely N-dealkylation sites (N-methyl/N-ethyl adjacent to an activating group) is 1. The Bertz CT molecular complexity index is 158. The van der Waals surface area contributed by atoms with Crippen LogP contribution in [0.4, 0.5) is 0 Å². The summed E-state index contributed by atoms with van der Waals surface area (Å²) in [5.74, 6) is -0.348. The summed E-state index contributed by atoms with van der Waals surface area (Å²) in [6, 6.07) is 0. The summed E-state index contributed by atoms with van der Waals surface area (Å²) in [4.78, 5) is 22.4. The summed E-state index contributed by atoms with van der Waals surface area (Å²) in [7, 11) is 1.66. The summed E-state index contributed by atoms with van der Waals surface area (Å²) >= 11 is 0. The first kappa shape index (κ1) is 19.5. The van der Waals surface area contributed by atoms with Crippen LogP contribution in [-0.2, 0) is 14.3 Å². The highest BCUT2D eigenvalue weighted by Gasteiger charge is 2.01. The van der Waals surface area contributed by atoms with Gasteiger partial charge in [-0.05, 0) is 0 Å². The maximum absolute atomic E-state index is 10.6. The van der Waals surface area contributed by atoms with Crippen LogP contribution >= 0.6 is 0 Å². The van der Waals surface area contributed by atoms with E-state index in [0.29, 0.717) is 6.54 Å². The van der Waals surface area contributed by atoms with Gasteiger partial charge < -0.3 is 9.64 Å². The van der Waals surface area contributed by atoms with Gasteiger partial charge in [-0.25, -0.2) is 0 Å². The topological polar surface area (TPSA) is 46.6 Å². The lowest BCUT2D eigenvalue weighted by molar-refractivity contribution is -0.142. The monoisotopic (exact) mass is 219 g/mol. The first-order chi connectivity index (χ1) is 7.04. The van der Waals surface area contributed by atoms with Crippen molar-refractivity contribution in [3.63, 3.8) is 0 Å². The average molecular weight is 219 g/mol. The van der Waals surface area contributed by atoms with Gasteiger partial charge in [-0.2, -0.15) is 0 Å². The number of carbonyl (C=O) groups is 2. The van der Waals surface area contributed by atoms with Crippen molar-refractivity contribution >= 4 is 11.9 Å². The fraction of sp³-hybridized carbons (Fsp3) is 0.818. The highest BCUT2D eigenvalue weighted by atomic mass is 16.5. The molecule has 4 heteroatoms. The van der Waals surface area contributed by atoms with E-state index in [1.54, 1.807) is 7.05 Å². The second-order valence-corrected chi connectivity index (χ2v) is 2.28. The Balaban J connectivity index is -0.000000318. The van der Waals surface area contributed by atoms with E-state index in [-0.39, 0.29) is 18.5 Å². The molecule has 0 spiro atoms. The standard InChI is InChI=1S/C7H13NO3.2C2H6/c1-6(9)8(3)4-5-11-7(2)10;2*1-2/h4-5H2,1-3H3;2*1-2H3. The van der Waals surface area contributed by atoms with E-state index in [1.165, 1.54) is 18.7 Å². The van der Waals surface area contributed by atoms with Gasteiger partial charge in [0.2, 0.25) is 5.91 Å². The van der Waals surface area contributed by atoms with Crippen molar-refractivity contribution in [3.05, 3.63) is 0 Å². The van der Waals surface area contributed by atoms with Crippen LogP contribution in [0.3, 0.4) is 0 Å². The molecule has 0 unspecified atom stereocenters. The van der Waals surface area contributed by atoms with E-state index in [2.05, 4.69) is 4.74 Å². The lowest BCUT2D eigenvalue weighted by Crippen LogP contribution is -2.28. The van der Waals surface area contributed by atoms with Crippen LogP contribution < -0.4 is 0 Å². The third-order valence-electron chi connectivity index (χ3n) is 1.27. The third-order valence-corrected chi connectivity index (χ3v) is 1.27. The molecule has 0 rings (SSSR count). The molecule has 4 nitrogen and oxygen atoms in total. The van der Waals surface area contributed by atoms with Crippen molar-refractivity contribution in [2.24, 2.45) is 0 Å². The minimum Gasteiger partial charge on any atom is -0.464 e. The molecule has 0 fully saturated rings. The van der Waals surface area contributed by atoms with Crippen LogP contribution in [0, 0.1) is 0 Å². The maximum Gasteiger partial charge on any atom is 0.302 e. The first-order valence-electron chi connectivity index (χ1n) is 5.39. The minimum absolute atomic E-state index is 0.0304. The normalized spacial score (nSPS) is 7.40.